The lowest BCUT2D eigenvalue weighted by atomic mass is 10.2. The number of aryl methyl sites for hydroxylation is 1. The lowest BCUT2D eigenvalue weighted by Crippen LogP contribution is -2.39. The van der Waals surface area contributed by atoms with Crippen molar-refractivity contribution in [2.75, 3.05) is 25.1 Å². The molecule has 2 aromatic carbocycles. The number of hydrogen-bond donors (Lipinski definition) is 1. The number of benzene rings is 2. The molecule has 1 amide bonds. The van der Waals surface area contributed by atoms with Crippen LogP contribution in [0.2, 0.25) is 0 Å². The van der Waals surface area contributed by atoms with Gasteiger partial charge in [0, 0.05) is 12.2 Å². The summed E-state index contributed by atoms with van der Waals surface area (Å²) < 4.78 is 32.5. The molecule has 0 radical (unpaired) electrons. The summed E-state index contributed by atoms with van der Waals surface area (Å²) in [4.78, 5) is 14.2. The number of anilines is 1. The van der Waals surface area contributed by atoms with Crippen LogP contribution >= 0.6 is 0 Å². The summed E-state index contributed by atoms with van der Waals surface area (Å²) in [6.45, 7) is 1.99. The normalized spacial score (nSPS) is 13.6. The highest BCUT2D eigenvalue weighted by Gasteiger charge is 2.26. The number of nitrogens with one attached hydrogen (secondary N) is 1. The van der Waals surface area contributed by atoms with E-state index in [4.69, 9.17) is 4.74 Å². The third-order valence-electron chi connectivity index (χ3n) is 4.27. The molecule has 0 saturated heterocycles. The van der Waals surface area contributed by atoms with E-state index in [1.54, 1.807) is 24.0 Å². The van der Waals surface area contributed by atoms with E-state index in [2.05, 4.69) is 4.72 Å². The molecular weight excluding hydrogens is 340 g/mol. The molecular formula is C18H20N2O4S. The number of amides is 1. The SMILES string of the molecule is COc1ccc(S(=O)(=O)NCC(=O)N2CCc3ccccc32)c(C)c1. The number of sulfonamides is 1. The second-order valence-electron chi connectivity index (χ2n) is 5.88. The van der Waals surface area contributed by atoms with Crippen LogP contribution in [0.4, 0.5) is 5.69 Å². The van der Waals surface area contributed by atoms with E-state index in [1.807, 2.05) is 24.3 Å². The molecule has 1 aliphatic rings. The van der Waals surface area contributed by atoms with E-state index in [9.17, 15) is 13.2 Å². The van der Waals surface area contributed by atoms with E-state index in [-0.39, 0.29) is 17.3 Å². The van der Waals surface area contributed by atoms with Crippen LogP contribution in [0, 0.1) is 6.92 Å². The lowest BCUT2D eigenvalue weighted by Gasteiger charge is -2.18. The minimum atomic E-state index is -3.77. The second kappa shape index (κ2) is 6.85. The zero-order valence-electron chi connectivity index (χ0n) is 14.2. The van der Waals surface area contributed by atoms with Gasteiger partial charge in [-0.1, -0.05) is 18.2 Å². The first-order chi connectivity index (χ1) is 11.9. The third kappa shape index (κ3) is 3.52. The van der Waals surface area contributed by atoms with Gasteiger partial charge in [0.15, 0.2) is 0 Å². The van der Waals surface area contributed by atoms with Crippen LogP contribution in [0.5, 0.6) is 5.75 Å². The van der Waals surface area contributed by atoms with E-state index in [0.717, 1.165) is 17.7 Å². The Labute approximate surface area is 147 Å². The van der Waals surface area contributed by atoms with Crippen molar-refractivity contribution in [1.29, 1.82) is 0 Å². The summed E-state index contributed by atoms with van der Waals surface area (Å²) in [5, 5.41) is 0. The molecule has 7 heteroatoms. The zero-order chi connectivity index (χ0) is 18.0. The number of para-hydroxylation sites is 1. The Bertz CT molecular complexity index is 909. The van der Waals surface area contributed by atoms with Gasteiger partial charge in [0.2, 0.25) is 15.9 Å². The molecule has 6 nitrogen and oxygen atoms in total. The van der Waals surface area contributed by atoms with Gasteiger partial charge >= 0.3 is 0 Å². The van der Waals surface area contributed by atoms with Crippen molar-refractivity contribution in [2.45, 2.75) is 18.2 Å². The molecule has 0 atom stereocenters. The maximum absolute atomic E-state index is 12.5. The molecule has 25 heavy (non-hydrogen) atoms. The molecule has 0 bridgehead atoms. The number of nitrogens with zero attached hydrogens (tertiary/aromatic N) is 1. The summed E-state index contributed by atoms with van der Waals surface area (Å²) in [6, 6.07) is 12.4. The molecule has 132 valence electrons. The van der Waals surface area contributed by atoms with E-state index in [1.165, 1.54) is 13.2 Å². The predicted octanol–water partition coefficient (Wildman–Crippen LogP) is 1.87. The summed E-state index contributed by atoms with van der Waals surface area (Å²) in [5.41, 5.74) is 2.52. The van der Waals surface area contributed by atoms with Crippen LogP contribution in [0.1, 0.15) is 11.1 Å². The van der Waals surface area contributed by atoms with Gasteiger partial charge in [-0.2, -0.15) is 0 Å². The molecule has 0 spiro atoms. The molecule has 0 saturated carbocycles. The first-order valence-corrected chi connectivity index (χ1v) is 9.43. The van der Waals surface area contributed by atoms with Crippen molar-refractivity contribution in [3.63, 3.8) is 0 Å². The Morgan fingerprint density at radius 3 is 2.72 bits per heavy atom. The van der Waals surface area contributed by atoms with Crippen LogP contribution < -0.4 is 14.4 Å². The number of carbonyl (C=O) groups excluding carboxylic acids is 1. The lowest BCUT2D eigenvalue weighted by molar-refractivity contribution is -0.117. The third-order valence-corrected chi connectivity index (χ3v) is 5.83. The standard InChI is InChI=1S/C18H20N2O4S/c1-13-11-15(24-2)7-8-17(13)25(22,23)19-12-18(21)20-10-9-14-5-3-4-6-16(14)20/h3-8,11,19H,9-10,12H2,1-2H3. The van der Waals surface area contributed by atoms with Gasteiger partial charge in [0.05, 0.1) is 18.6 Å². The Morgan fingerprint density at radius 1 is 1.24 bits per heavy atom. The number of fused-ring (bicyclic) bond motifs is 1. The summed E-state index contributed by atoms with van der Waals surface area (Å²) in [6.07, 6.45) is 0.784. The topological polar surface area (TPSA) is 75.7 Å². The maximum Gasteiger partial charge on any atom is 0.242 e. The quantitative estimate of drug-likeness (QED) is 0.883. The fraction of sp³-hybridized carbons (Fsp3) is 0.278. The number of hydrogen-bond acceptors (Lipinski definition) is 4. The Kier molecular flexibility index (Phi) is 4.78. The van der Waals surface area contributed by atoms with Gasteiger partial charge in [-0.05, 0) is 48.7 Å². The molecule has 3 rings (SSSR count). The van der Waals surface area contributed by atoms with Crippen LogP contribution in [0.25, 0.3) is 0 Å². The van der Waals surface area contributed by atoms with E-state index in [0.29, 0.717) is 17.9 Å². The molecule has 2 aromatic rings. The largest absolute Gasteiger partial charge is 0.497 e. The summed E-state index contributed by atoms with van der Waals surface area (Å²) in [7, 11) is -2.25. The molecule has 0 fully saturated rings. The molecule has 1 heterocycles. The number of methoxy groups -OCH3 is 1. The molecule has 1 N–H and O–H groups in total. The summed E-state index contributed by atoms with van der Waals surface area (Å²) >= 11 is 0. The van der Waals surface area contributed by atoms with Crippen molar-refractivity contribution in [3.05, 3.63) is 53.6 Å². The Balaban J connectivity index is 1.72. The fourth-order valence-corrected chi connectivity index (χ4v) is 4.18. The highest BCUT2D eigenvalue weighted by molar-refractivity contribution is 7.89. The number of rotatable bonds is 5. The highest BCUT2D eigenvalue weighted by atomic mass is 32.2. The minimum Gasteiger partial charge on any atom is -0.497 e. The zero-order valence-corrected chi connectivity index (χ0v) is 15.0. The van der Waals surface area contributed by atoms with Crippen molar-refractivity contribution in [3.8, 4) is 5.75 Å². The van der Waals surface area contributed by atoms with Gasteiger partial charge in [-0.15, -0.1) is 0 Å². The average Bonchev–Trinajstić information content (AvgIpc) is 3.03. The second-order valence-corrected chi connectivity index (χ2v) is 7.62. The molecule has 0 aromatic heterocycles. The van der Waals surface area contributed by atoms with Gasteiger partial charge in [-0.3, -0.25) is 4.79 Å². The number of ether oxygens (including phenoxy) is 1. The predicted molar refractivity (Wildman–Crippen MR) is 95.4 cm³/mol. The van der Waals surface area contributed by atoms with Gasteiger partial charge in [0.1, 0.15) is 5.75 Å². The first-order valence-electron chi connectivity index (χ1n) is 7.95. The van der Waals surface area contributed by atoms with Crippen molar-refractivity contribution < 1.29 is 17.9 Å². The smallest absolute Gasteiger partial charge is 0.242 e. The minimum absolute atomic E-state index is 0.142. The monoisotopic (exact) mass is 360 g/mol. The Hall–Kier alpha value is -2.38. The van der Waals surface area contributed by atoms with Crippen LogP contribution in [0.3, 0.4) is 0 Å². The van der Waals surface area contributed by atoms with Gasteiger partial charge in [-0.25, -0.2) is 13.1 Å². The van der Waals surface area contributed by atoms with E-state index >= 15 is 0 Å². The van der Waals surface area contributed by atoms with Crippen molar-refractivity contribution >= 4 is 21.6 Å². The van der Waals surface area contributed by atoms with Crippen LogP contribution in [-0.4, -0.2) is 34.5 Å². The fourth-order valence-electron chi connectivity index (χ4n) is 2.98. The average molecular weight is 360 g/mol. The summed E-state index contributed by atoms with van der Waals surface area (Å²) in [5.74, 6) is 0.320. The van der Waals surface area contributed by atoms with Crippen LogP contribution in [-0.2, 0) is 21.2 Å². The molecule has 1 aliphatic heterocycles. The molecule has 0 aliphatic carbocycles. The highest BCUT2D eigenvalue weighted by Crippen LogP contribution is 2.27. The number of carbonyl (C=O) groups is 1. The first kappa shape index (κ1) is 17.4. The van der Waals surface area contributed by atoms with Gasteiger partial charge in [0.25, 0.3) is 0 Å². The van der Waals surface area contributed by atoms with Crippen molar-refractivity contribution in [1.82, 2.24) is 4.72 Å². The van der Waals surface area contributed by atoms with Crippen LogP contribution in [0.15, 0.2) is 47.4 Å². The molecule has 0 unspecified atom stereocenters. The van der Waals surface area contributed by atoms with E-state index < -0.39 is 10.0 Å². The van der Waals surface area contributed by atoms with Crippen molar-refractivity contribution in [2.24, 2.45) is 0 Å². The van der Waals surface area contributed by atoms with Gasteiger partial charge < -0.3 is 9.64 Å². The maximum atomic E-state index is 12.5. The Morgan fingerprint density at radius 2 is 2.00 bits per heavy atom.